The number of rotatable bonds is 2. The Balaban J connectivity index is 0.000000418. The lowest BCUT2D eigenvalue weighted by molar-refractivity contribution is 0.0768. The van der Waals surface area contributed by atoms with Gasteiger partial charge in [0.25, 0.3) is 5.91 Å². The van der Waals surface area contributed by atoms with E-state index in [9.17, 15) is 13.6 Å². The Kier molecular flexibility index (Phi) is 6.34. The summed E-state index contributed by atoms with van der Waals surface area (Å²) in [5.74, 6) is 0.0414. The molecule has 0 atom stereocenters. The first-order valence-corrected chi connectivity index (χ1v) is 10.2. The number of aromatic nitrogens is 3. The van der Waals surface area contributed by atoms with E-state index in [0.29, 0.717) is 11.2 Å². The Morgan fingerprint density at radius 2 is 1.97 bits per heavy atom. The average Bonchev–Trinajstić information content (AvgIpc) is 2.98. The van der Waals surface area contributed by atoms with Crippen LogP contribution in [0.15, 0.2) is 48.8 Å². The molecular weight excluding hydrogens is 402 g/mol. The molecule has 1 amide bonds. The summed E-state index contributed by atoms with van der Waals surface area (Å²) in [6.45, 7) is 2.49. The van der Waals surface area contributed by atoms with Crippen molar-refractivity contribution in [2.45, 2.75) is 12.8 Å². The number of alkyl halides is 2. The van der Waals surface area contributed by atoms with Gasteiger partial charge < -0.3 is 16.0 Å². The number of nitrogens with one attached hydrogen (secondary N) is 2. The van der Waals surface area contributed by atoms with Gasteiger partial charge in [0, 0.05) is 37.4 Å². The number of hydrogen-bond acceptors (Lipinski definition) is 4. The number of hydrogen-bond donors (Lipinski definition) is 1. The van der Waals surface area contributed by atoms with Gasteiger partial charge in [-0.2, -0.15) is 0 Å². The molecule has 4 aromatic rings. The Morgan fingerprint density at radius 3 is 2.77 bits per heavy atom. The smallest absolute Gasteiger partial charge is 0.257 e. The number of para-hydroxylation sites is 2. The quantitative estimate of drug-likeness (QED) is 0.530. The fraction of sp³-hybridized carbons (Fsp3) is 0.318. The third-order valence-corrected chi connectivity index (χ3v) is 5.18. The Morgan fingerprint density at radius 1 is 1.16 bits per heavy atom. The summed E-state index contributed by atoms with van der Waals surface area (Å²) in [6.07, 6.45) is 2.10. The van der Waals surface area contributed by atoms with E-state index in [2.05, 4.69) is 14.7 Å². The zero-order valence-corrected chi connectivity index (χ0v) is 16.9. The number of halogens is 2. The molecule has 5 rings (SSSR count). The molecular formula is C22H23F2N6O-. The molecule has 3 aromatic heterocycles. The minimum Gasteiger partial charge on any atom is -0.673 e. The molecule has 2 N–H and O–H groups in total. The lowest BCUT2D eigenvalue weighted by Gasteiger charge is -2.20. The second kappa shape index (κ2) is 9.32. The predicted octanol–water partition coefficient (Wildman–Crippen LogP) is 3.77. The van der Waals surface area contributed by atoms with Crippen molar-refractivity contribution in [2.24, 2.45) is 0 Å². The van der Waals surface area contributed by atoms with E-state index in [1.165, 1.54) is 0 Å². The Labute approximate surface area is 177 Å². The number of benzene rings is 1. The van der Waals surface area contributed by atoms with E-state index in [-0.39, 0.29) is 5.91 Å². The number of imidazole rings is 1. The lowest BCUT2D eigenvalue weighted by Crippen LogP contribution is -2.34. The molecule has 0 unspecified atom stereocenters. The van der Waals surface area contributed by atoms with Crippen LogP contribution < -0.4 is 5.32 Å². The van der Waals surface area contributed by atoms with Gasteiger partial charge in [-0.3, -0.25) is 14.2 Å². The van der Waals surface area contributed by atoms with Crippen LogP contribution in [0.3, 0.4) is 0 Å². The van der Waals surface area contributed by atoms with Crippen LogP contribution in [0.4, 0.5) is 8.78 Å². The van der Waals surface area contributed by atoms with Gasteiger partial charge in [-0.1, -0.05) is 18.7 Å². The van der Waals surface area contributed by atoms with E-state index in [0.717, 1.165) is 54.5 Å². The van der Waals surface area contributed by atoms with Crippen LogP contribution in [0, 0.1) is 0 Å². The zero-order chi connectivity index (χ0) is 21.8. The molecule has 1 fully saturated rings. The normalized spacial score (nSPS) is 14.6. The predicted molar refractivity (Wildman–Crippen MR) is 117 cm³/mol. The third kappa shape index (κ3) is 4.33. The SMILES string of the molecule is O=C(c1cc2cnccc2n2c1nc1ccccc12)N1CCCNCC1.[NH-]CC(F)F. The van der Waals surface area contributed by atoms with Crippen molar-refractivity contribution in [1.82, 2.24) is 24.6 Å². The van der Waals surface area contributed by atoms with Crippen LogP contribution >= 0.6 is 0 Å². The van der Waals surface area contributed by atoms with Crippen molar-refractivity contribution in [2.75, 3.05) is 32.7 Å². The molecule has 0 bridgehead atoms. The first-order chi connectivity index (χ1) is 15.1. The summed E-state index contributed by atoms with van der Waals surface area (Å²) < 4.78 is 23.2. The summed E-state index contributed by atoms with van der Waals surface area (Å²) in [5, 5.41) is 4.29. The topological polar surface area (TPSA) is 86.3 Å². The van der Waals surface area contributed by atoms with E-state index >= 15 is 0 Å². The molecule has 1 aromatic carbocycles. The first kappa shape index (κ1) is 21.1. The second-order valence-electron chi connectivity index (χ2n) is 7.24. The van der Waals surface area contributed by atoms with Gasteiger partial charge in [0.2, 0.25) is 6.43 Å². The van der Waals surface area contributed by atoms with E-state index in [4.69, 9.17) is 10.7 Å². The van der Waals surface area contributed by atoms with Gasteiger partial charge in [-0.05, 0) is 37.2 Å². The van der Waals surface area contributed by atoms with Gasteiger partial charge in [0.15, 0.2) is 5.65 Å². The number of pyridine rings is 2. The van der Waals surface area contributed by atoms with Gasteiger partial charge in [-0.25, -0.2) is 13.8 Å². The summed E-state index contributed by atoms with van der Waals surface area (Å²) >= 11 is 0. The lowest BCUT2D eigenvalue weighted by atomic mass is 10.1. The largest absolute Gasteiger partial charge is 0.673 e. The molecule has 9 heteroatoms. The van der Waals surface area contributed by atoms with Gasteiger partial charge in [0.1, 0.15) is 0 Å². The molecule has 0 aliphatic carbocycles. The van der Waals surface area contributed by atoms with Crippen LogP contribution in [0.1, 0.15) is 16.8 Å². The van der Waals surface area contributed by atoms with Gasteiger partial charge >= 0.3 is 0 Å². The maximum atomic E-state index is 13.3. The summed E-state index contributed by atoms with van der Waals surface area (Å²) in [6, 6.07) is 11.9. The molecule has 162 valence electrons. The molecule has 31 heavy (non-hydrogen) atoms. The maximum Gasteiger partial charge on any atom is 0.257 e. The zero-order valence-electron chi connectivity index (χ0n) is 16.9. The van der Waals surface area contributed by atoms with Gasteiger partial charge in [0.05, 0.1) is 22.1 Å². The van der Waals surface area contributed by atoms with Crippen molar-refractivity contribution in [3.63, 3.8) is 0 Å². The highest BCUT2D eigenvalue weighted by Crippen LogP contribution is 2.26. The minimum atomic E-state index is -2.45. The minimum absolute atomic E-state index is 0.0414. The van der Waals surface area contributed by atoms with Crippen molar-refractivity contribution in [3.05, 3.63) is 60.1 Å². The molecule has 0 spiro atoms. The standard InChI is InChI=1S/C20H19N5O.C2H4F2N/c26-20(24-10-3-7-21-9-11-24)15-12-14-13-22-8-6-17(14)25-18-5-2-1-4-16(18)23-19(15)25;3-2(4)1-5/h1-2,4-6,8,12-13,21H,3,7,9-11H2;2,5H,1H2/q;-1. The molecule has 1 aliphatic heterocycles. The molecule has 0 saturated carbocycles. The molecule has 1 aliphatic rings. The molecule has 7 nitrogen and oxygen atoms in total. The summed E-state index contributed by atoms with van der Waals surface area (Å²) in [4.78, 5) is 24.3. The van der Waals surface area contributed by atoms with Gasteiger partial charge in [-0.15, -0.1) is 0 Å². The summed E-state index contributed by atoms with van der Waals surface area (Å²) in [5.41, 5.74) is 10.2. The Hall–Kier alpha value is -3.17. The number of carbonyl (C=O) groups excluding carboxylic acids is 1. The first-order valence-electron chi connectivity index (χ1n) is 10.2. The van der Waals surface area contributed by atoms with Crippen LogP contribution in [0.25, 0.3) is 33.3 Å². The fourth-order valence-electron chi connectivity index (χ4n) is 3.76. The van der Waals surface area contributed by atoms with Crippen LogP contribution in [-0.2, 0) is 0 Å². The summed E-state index contributed by atoms with van der Waals surface area (Å²) in [7, 11) is 0. The number of amides is 1. The van der Waals surface area contributed by atoms with E-state index < -0.39 is 13.0 Å². The Bertz CT molecular complexity index is 1200. The fourth-order valence-corrected chi connectivity index (χ4v) is 3.76. The number of carbonyl (C=O) groups is 1. The maximum absolute atomic E-state index is 13.3. The number of fused-ring (bicyclic) bond motifs is 5. The van der Waals surface area contributed by atoms with Crippen LogP contribution in [-0.4, -0.2) is 64.3 Å². The van der Waals surface area contributed by atoms with Crippen molar-refractivity contribution in [1.29, 1.82) is 0 Å². The van der Waals surface area contributed by atoms with Crippen molar-refractivity contribution < 1.29 is 13.6 Å². The number of nitrogens with zero attached hydrogens (tertiary/aromatic N) is 4. The highest BCUT2D eigenvalue weighted by atomic mass is 19.3. The monoisotopic (exact) mass is 425 g/mol. The second-order valence-corrected chi connectivity index (χ2v) is 7.24. The van der Waals surface area contributed by atoms with E-state index in [1.54, 1.807) is 6.20 Å². The highest BCUT2D eigenvalue weighted by molar-refractivity contribution is 6.05. The molecule has 0 radical (unpaired) electrons. The molecule has 4 heterocycles. The van der Waals surface area contributed by atoms with Crippen LogP contribution in [0.5, 0.6) is 0 Å². The van der Waals surface area contributed by atoms with E-state index in [1.807, 2.05) is 47.5 Å². The molecule has 1 saturated heterocycles. The van der Waals surface area contributed by atoms with Crippen LogP contribution in [0.2, 0.25) is 0 Å². The van der Waals surface area contributed by atoms with Crippen molar-refractivity contribution >= 4 is 33.5 Å². The van der Waals surface area contributed by atoms with Crippen molar-refractivity contribution in [3.8, 4) is 0 Å². The highest BCUT2D eigenvalue weighted by Gasteiger charge is 2.22. The average molecular weight is 425 g/mol. The third-order valence-electron chi connectivity index (χ3n) is 5.18.